The summed E-state index contributed by atoms with van der Waals surface area (Å²) in [6, 6.07) is 16.4. The quantitative estimate of drug-likeness (QED) is 0.127. The highest BCUT2D eigenvalue weighted by molar-refractivity contribution is 5.92. The van der Waals surface area contributed by atoms with Gasteiger partial charge in [0.15, 0.2) is 0 Å². The standard InChI is InChI=1S/C35H47N5O6/c1-4-46-33(43)21-31(41)28(18-24(2)3)39-35(45)30(20-27-22-36-23-37-27)40-34(44)29(19-26-14-9-6-10-15-26)38-32(42)17-11-16-25-12-7-5-8-13-25/h5-10,12-15,22-24,28-31,41H,4,11,16-21H2,1-3H3,(H,36,37)(H,38,42)(H,39,45)(H,40,44)/t28-,29-,30+,31-/m0/s1. The van der Waals surface area contributed by atoms with Crippen molar-refractivity contribution in [3.05, 3.63) is 90.0 Å². The molecule has 3 rings (SSSR count). The monoisotopic (exact) mass is 633 g/mol. The zero-order valence-electron chi connectivity index (χ0n) is 26.9. The summed E-state index contributed by atoms with van der Waals surface area (Å²) in [5.41, 5.74) is 2.52. The van der Waals surface area contributed by atoms with Crippen LogP contribution in [0.2, 0.25) is 0 Å². The van der Waals surface area contributed by atoms with Gasteiger partial charge < -0.3 is 30.8 Å². The first-order valence-electron chi connectivity index (χ1n) is 15.9. The van der Waals surface area contributed by atoms with Crippen molar-refractivity contribution in [1.82, 2.24) is 25.9 Å². The lowest BCUT2D eigenvalue weighted by atomic mass is 9.96. The Morgan fingerprint density at radius 3 is 2.11 bits per heavy atom. The van der Waals surface area contributed by atoms with Gasteiger partial charge in [0.25, 0.3) is 0 Å². The maximum Gasteiger partial charge on any atom is 0.308 e. The number of rotatable bonds is 19. The number of benzene rings is 2. The van der Waals surface area contributed by atoms with Crippen LogP contribution in [0.15, 0.2) is 73.2 Å². The average Bonchev–Trinajstić information content (AvgIpc) is 3.54. The van der Waals surface area contributed by atoms with Crippen LogP contribution in [0.1, 0.15) is 63.3 Å². The molecule has 5 N–H and O–H groups in total. The maximum atomic E-state index is 13.8. The number of esters is 1. The lowest BCUT2D eigenvalue weighted by Gasteiger charge is -2.28. The van der Waals surface area contributed by atoms with Crippen molar-refractivity contribution < 1.29 is 29.0 Å². The summed E-state index contributed by atoms with van der Waals surface area (Å²) in [7, 11) is 0. The van der Waals surface area contributed by atoms with E-state index in [0.717, 1.165) is 17.5 Å². The first-order valence-corrected chi connectivity index (χ1v) is 15.9. The molecule has 3 aromatic rings. The Morgan fingerprint density at radius 1 is 0.870 bits per heavy atom. The number of imidazole rings is 1. The zero-order chi connectivity index (χ0) is 33.3. The fraction of sp³-hybridized carbons (Fsp3) is 0.457. The Balaban J connectivity index is 1.75. The Labute approximate surface area is 270 Å². The number of hydrogen-bond acceptors (Lipinski definition) is 7. The van der Waals surface area contributed by atoms with Crippen molar-refractivity contribution in [2.75, 3.05) is 6.61 Å². The predicted molar refractivity (Wildman–Crippen MR) is 174 cm³/mol. The molecule has 46 heavy (non-hydrogen) atoms. The third-order valence-corrected chi connectivity index (χ3v) is 7.45. The van der Waals surface area contributed by atoms with Crippen LogP contribution in [0.3, 0.4) is 0 Å². The van der Waals surface area contributed by atoms with Crippen molar-refractivity contribution in [2.24, 2.45) is 5.92 Å². The molecule has 0 aliphatic carbocycles. The topological polar surface area (TPSA) is 163 Å². The molecular weight excluding hydrogens is 586 g/mol. The summed E-state index contributed by atoms with van der Waals surface area (Å²) in [5, 5.41) is 19.4. The second kappa shape index (κ2) is 19.1. The molecule has 2 aromatic carbocycles. The Bertz CT molecular complexity index is 1350. The van der Waals surface area contributed by atoms with Crippen LogP contribution in [0.5, 0.6) is 0 Å². The number of aromatic nitrogens is 2. The van der Waals surface area contributed by atoms with Gasteiger partial charge in [-0.2, -0.15) is 0 Å². The van der Waals surface area contributed by atoms with Crippen LogP contribution in [-0.4, -0.2) is 69.6 Å². The Kier molecular flexibility index (Phi) is 14.9. The van der Waals surface area contributed by atoms with Gasteiger partial charge in [0.05, 0.1) is 37.2 Å². The number of aliphatic hydroxyl groups excluding tert-OH is 1. The number of carbonyl (C=O) groups excluding carboxylic acids is 4. The van der Waals surface area contributed by atoms with E-state index in [-0.39, 0.29) is 44.1 Å². The van der Waals surface area contributed by atoms with Gasteiger partial charge in [-0.3, -0.25) is 19.2 Å². The van der Waals surface area contributed by atoms with E-state index < -0.39 is 42.0 Å². The summed E-state index contributed by atoms with van der Waals surface area (Å²) in [6.45, 7) is 5.74. The third-order valence-electron chi connectivity index (χ3n) is 7.45. The summed E-state index contributed by atoms with van der Waals surface area (Å²) < 4.78 is 4.98. The first-order chi connectivity index (χ1) is 22.1. The van der Waals surface area contributed by atoms with Crippen molar-refractivity contribution in [2.45, 2.75) is 89.9 Å². The second-order valence-electron chi connectivity index (χ2n) is 11.8. The van der Waals surface area contributed by atoms with Gasteiger partial charge in [0.2, 0.25) is 17.7 Å². The zero-order valence-corrected chi connectivity index (χ0v) is 26.9. The molecule has 0 saturated carbocycles. The molecule has 0 spiro atoms. The van der Waals surface area contributed by atoms with E-state index in [9.17, 15) is 24.3 Å². The molecule has 0 saturated heterocycles. The number of nitrogens with one attached hydrogen (secondary N) is 4. The molecule has 11 nitrogen and oxygen atoms in total. The largest absolute Gasteiger partial charge is 0.466 e. The van der Waals surface area contributed by atoms with Crippen LogP contribution >= 0.6 is 0 Å². The molecule has 0 fully saturated rings. The normalized spacial score (nSPS) is 13.7. The molecular formula is C35H47N5O6. The lowest BCUT2D eigenvalue weighted by molar-refractivity contribution is -0.146. The van der Waals surface area contributed by atoms with E-state index in [1.807, 2.05) is 74.5 Å². The van der Waals surface area contributed by atoms with Crippen LogP contribution in [0.25, 0.3) is 0 Å². The molecule has 3 amide bonds. The van der Waals surface area contributed by atoms with Gasteiger partial charge in [0.1, 0.15) is 12.1 Å². The number of aryl methyl sites for hydroxylation is 1. The van der Waals surface area contributed by atoms with E-state index in [0.29, 0.717) is 18.5 Å². The van der Waals surface area contributed by atoms with Gasteiger partial charge in [0, 0.05) is 25.5 Å². The highest BCUT2D eigenvalue weighted by Crippen LogP contribution is 2.13. The molecule has 1 heterocycles. The van der Waals surface area contributed by atoms with Gasteiger partial charge in [-0.15, -0.1) is 0 Å². The summed E-state index contributed by atoms with van der Waals surface area (Å²) >= 11 is 0. The number of aromatic amines is 1. The highest BCUT2D eigenvalue weighted by atomic mass is 16.5. The lowest BCUT2D eigenvalue weighted by Crippen LogP contribution is -2.57. The SMILES string of the molecule is CCOC(=O)C[C@H](O)[C@H](CC(C)C)NC(=O)[C@@H](Cc1c[nH]cn1)NC(=O)[C@H](Cc1ccccc1)NC(=O)CCCc1ccccc1. The Hall–Kier alpha value is -4.51. The molecule has 4 atom stereocenters. The molecule has 11 heteroatoms. The van der Waals surface area contributed by atoms with Crippen LogP contribution in [0.4, 0.5) is 0 Å². The van der Waals surface area contributed by atoms with Gasteiger partial charge in [-0.25, -0.2) is 4.98 Å². The molecule has 0 unspecified atom stereocenters. The predicted octanol–water partition coefficient (Wildman–Crippen LogP) is 3.03. The molecule has 0 aliphatic rings. The minimum Gasteiger partial charge on any atom is -0.466 e. The van der Waals surface area contributed by atoms with Gasteiger partial charge >= 0.3 is 5.97 Å². The fourth-order valence-corrected chi connectivity index (χ4v) is 5.15. The van der Waals surface area contributed by atoms with Crippen molar-refractivity contribution in [3.63, 3.8) is 0 Å². The Morgan fingerprint density at radius 2 is 1.50 bits per heavy atom. The van der Waals surface area contributed by atoms with Crippen LogP contribution < -0.4 is 16.0 Å². The highest BCUT2D eigenvalue weighted by Gasteiger charge is 2.31. The minimum atomic E-state index is -1.19. The smallest absolute Gasteiger partial charge is 0.308 e. The average molecular weight is 634 g/mol. The fourth-order valence-electron chi connectivity index (χ4n) is 5.15. The van der Waals surface area contributed by atoms with Gasteiger partial charge in [-0.05, 0) is 43.2 Å². The van der Waals surface area contributed by atoms with E-state index in [4.69, 9.17) is 4.74 Å². The first kappa shape index (κ1) is 36.0. The number of H-pyrrole nitrogens is 1. The minimum absolute atomic E-state index is 0.0620. The number of ether oxygens (including phenoxy) is 1. The van der Waals surface area contributed by atoms with Gasteiger partial charge in [-0.1, -0.05) is 74.5 Å². The molecule has 1 aromatic heterocycles. The summed E-state index contributed by atoms with van der Waals surface area (Å²) in [4.78, 5) is 59.7. The van der Waals surface area contributed by atoms with Crippen LogP contribution in [-0.2, 0) is 43.2 Å². The van der Waals surface area contributed by atoms with E-state index in [1.54, 1.807) is 13.1 Å². The number of hydrogen-bond donors (Lipinski definition) is 5. The van der Waals surface area contributed by atoms with E-state index in [2.05, 4.69) is 25.9 Å². The van der Waals surface area contributed by atoms with Crippen LogP contribution in [0, 0.1) is 5.92 Å². The van der Waals surface area contributed by atoms with Crippen molar-refractivity contribution in [1.29, 1.82) is 0 Å². The molecule has 0 bridgehead atoms. The van der Waals surface area contributed by atoms with E-state index >= 15 is 0 Å². The number of amides is 3. The molecule has 248 valence electrons. The summed E-state index contributed by atoms with van der Waals surface area (Å²) in [5.74, 6) is -1.81. The molecule has 0 radical (unpaired) electrons. The number of carbonyl (C=O) groups is 4. The van der Waals surface area contributed by atoms with Crippen molar-refractivity contribution in [3.8, 4) is 0 Å². The number of nitrogens with zero attached hydrogens (tertiary/aromatic N) is 1. The maximum absolute atomic E-state index is 13.8. The van der Waals surface area contributed by atoms with Crippen molar-refractivity contribution >= 4 is 23.7 Å². The third kappa shape index (κ3) is 12.8. The molecule has 0 aliphatic heterocycles. The number of aliphatic hydroxyl groups is 1. The van der Waals surface area contributed by atoms with E-state index in [1.165, 1.54) is 6.33 Å². The summed E-state index contributed by atoms with van der Waals surface area (Å²) in [6.07, 6.45) is 3.90. The second-order valence-corrected chi connectivity index (χ2v) is 11.8.